The van der Waals surface area contributed by atoms with Crippen molar-refractivity contribution in [3.05, 3.63) is 48.8 Å². The zero-order chi connectivity index (χ0) is 18.9. The van der Waals surface area contributed by atoms with Crippen molar-refractivity contribution in [2.75, 3.05) is 19.7 Å². The Labute approximate surface area is 159 Å². The van der Waals surface area contributed by atoms with Crippen LogP contribution < -0.4 is 4.74 Å². The third-order valence-corrected chi connectivity index (χ3v) is 5.61. The molecule has 0 aliphatic carbocycles. The van der Waals surface area contributed by atoms with E-state index in [0.29, 0.717) is 6.61 Å². The van der Waals surface area contributed by atoms with E-state index in [1.54, 1.807) is 13.1 Å². The second kappa shape index (κ2) is 7.06. The molecule has 1 aliphatic heterocycles. The minimum atomic E-state index is 0.0742. The van der Waals surface area contributed by atoms with Crippen LogP contribution in [0.25, 0.3) is 22.2 Å². The zero-order valence-corrected chi connectivity index (χ0v) is 15.9. The largest absolute Gasteiger partial charge is 0.492 e. The van der Waals surface area contributed by atoms with Gasteiger partial charge in [0.1, 0.15) is 11.4 Å². The van der Waals surface area contributed by atoms with Gasteiger partial charge in [-0.15, -0.1) is 0 Å². The summed E-state index contributed by atoms with van der Waals surface area (Å²) in [7, 11) is 0. The number of aromatic nitrogens is 2. The van der Waals surface area contributed by atoms with Crippen molar-refractivity contribution in [2.24, 2.45) is 5.41 Å². The first kappa shape index (κ1) is 17.6. The van der Waals surface area contributed by atoms with Crippen molar-refractivity contribution < 1.29 is 9.53 Å². The van der Waals surface area contributed by atoms with Crippen molar-refractivity contribution in [1.82, 2.24) is 14.9 Å². The van der Waals surface area contributed by atoms with Gasteiger partial charge in [-0.25, -0.2) is 4.98 Å². The Morgan fingerprint density at radius 2 is 1.96 bits per heavy atom. The number of hydrogen-bond donors (Lipinski definition) is 1. The van der Waals surface area contributed by atoms with E-state index in [1.807, 2.05) is 35.4 Å². The van der Waals surface area contributed by atoms with Crippen molar-refractivity contribution in [3.63, 3.8) is 0 Å². The molecule has 140 valence electrons. The smallest absolute Gasteiger partial charge is 0.219 e. The third-order valence-electron chi connectivity index (χ3n) is 5.61. The maximum Gasteiger partial charge on any atom is 0.219 e. The van der Waals surface area contributed by atoms with E-state index >= 15 is 0 Å². The molecule has 5 nitrogen and oxygen atoms in total. The molecular weight excluding hydrogens is 338 g/mol. The molecule has 0 unspecified atom stereocenters. The first-order chi connectivity index (χ1) is 13.1. The molecule has 2 aromatic heterocycles. The fourth-order valence-corrected chi connectivity index (χ4v) is 3.75. The van der Waals surface area contributed by atoms with Gasteiger partial charge in [0.2, 0.25) is 5.91 Å². The number of H-pyrrole nitrogens is 1. The van der Waals surface area contributed by atoms with Crippen LogP contribution in [0.3, 0.4) is 0 Å². The lowest BCUT2D eigenvalue weighted by Crippen LogP contribution is -2.43. The molecule has 0 radical (unpaired) electrons. The third kappa shape index (κ3) is 3.54. The molecule has 0 atom stereocenters. The van der Waals surface area contributed by atoms with Gasteiger partial charge in [0, 0.05) is 43.4 Å². The summed E-state index contributed by atoms with van der Waals surface area (Å²) < 4.78 is 6.31. The molecule has 27 heavy (non-hydrogen) atoms. The van der Waals surface area contributed by atoms with Crippen LogP contribution >= 0.6 is 0 Å². The highest BCUT2D eigenvalue weighted by molar-refractivity contribution is 5.98. The topological polar surface area (TPSA) is 58.2 Å². The van der Waals surface area contributed by atoms with Gasteiger partial charge in [0.25, 0.3) is 0 Å². The molecule has 1 aromatic carbocycles. The van der Waals surface area contributed by atoms with Crippen LogP contribution in [-0.4, -0.2) is 40.5 Å². The van der Waals surface area contributed by atoms with Gasteiger partial charge in [-0.3, -0.25) is 4.79 Å². The summed E-state index contributed by atoms with van der Waals surface area (Å²) in [6.07, 6.45) is 5.69. The van der Waals surface area contributed by atoms with E-state index in [4.69, 9.17) is 4.74 Å². The van der Waals surface area contributed by atoms with E-state index in [1.165, 1.54) is 0 Å². The normalized spacial score (nSPS) is 16.4. The second-order valence-electron chi connectivity index (χ2n) is 7.71. The van der Waals surface area contributed by atoms with E-state index in [0.717, 1.165) is 53.8 Å². The van der Waals surface area contributed by atoms with E-state index in [9.17, 15) is 4.79 Å². The molecule has 0 bridgehead atoms. The van der Waals surface area contributed by atoms with Crippen LogP contribution in [0, 0.1) is 5.41 Å². The maximum atomic E-state index is 11.6. The highest BCUT2D eigenvalue weighted by Crippen LogP contribution is 2.37. The zero-order valence-electron chi connectivity index (χ0n) is 15.9. The number of ether oxygens (including phenoxy) is 1. The molecule has 5 heteroatoms. The molecule has 1 amide bonds. The molecule has 4 rings (SSSR count). The highest BCUT2D eigenvalue weighted by Gasteiger charge is 2.32. The minimum Gasteiger partial charge on any atom is -0.492 e. The SMILES string of the molecule is CC(=O)N1CCC(C)(COc2ccnc3[nH]cc(-c4ccccc4)c23)CC1. The Kier molecular flexibility index (Phi) is 4.60. The molecule has 3 aromatic rings. The molecular formula is C22H25N3O2. The monoisotopic (exact) mass is 363 g/mol. The number of amides is 1. The van der Waals surface area contributed by atoms with Crippen molar-refractivity contribution in [2.45, 2.75) is 26.7 Å². The minimum absolute atomic E-state index is 0.0742. The quantitative estimate of drug-likeness (QED) is 0.753. The van der Waals surface area contributed by atoms with Crippen LogP contribution in [0.5, 0.6) is 5.75 Å². The fourth-order valence-electron chi connectivity index (χ4n) is 3.75. The number of likely N-dealkylation sites (tertiary alicyclic amines) is 1. The van der Waals surface area contributed by atoms with Gasteiger partial charge < -0.3 is 14.6 Å². The summed E-state index contributed by atoms with van der Waals surface area (Å²) in [5, 5.41) is 1.02. The number of piperidine rings is 1. The summed E-state index contributed by atoms with van der Waals surface area (Å²) in [4.78, 5) is 21.2. The number of carbonyl (C=O) groups excluding carboxylic acids is 1. The van der Waals surface area contributed by atoms with Crippen molar-refractivity contribution in [3.8, 4) is 16.9 Å². The Hall–Kier alpha value is -2.82. The number of nitrogens with one attached hydrogen (secondary N) is 1. The molecule has 0 saturated carbocycles. The predicted molar refractivity (Wildman–Crippen MR) is 107 cm³/mol. The summed E-state index contributed by atoms with van der Waals surface area (Å²) in [5.41, 5.74) is 3.15. The Bertz CT molecular complexity index is 941. The number of rotatable bonds is 4. The Balaban J connectivity index is 1.56. The van der Waals surface area contributed by atoms with Crippen LogP contribution in [-0.2, 0) is 4.79 Å². The molecule has 1 saturated heterocycles. The molecule has 1 fully saturated rings. The summed E-state index contributed by atoms with van der Waals surface area (Å²) in [5.74, 6) is 1.02. The molecule has 0 spiro atoms. The lowest BCUT2D eigenvalue weighted by molar-refractivity contribution is -0.131. The van der Waals surface area contributed by atoms with Gasteiger partial charge >= 0.3 is 0 Å². The van der Waals surface area contributed by atoms with Gasteiger partial charge in [-0.05, 0) is 24.5 Å². The number of aromatic amines is 1. The molecule has 1 N–H and O–H groups in total. The Morgan fingerprint density at radius 3 is 2.67 bits per heavy atom. The number of benzene rings is 1. The first-order valence-corrected chi connectivity index (χ1v) is 9.46. The number of fused-ring (bicyclic) bond motifs is 1. The number of nitrogens with zero attached hydrogens (tertiary/aromatic N) is 2. The van der Waals surface area contributed by atoms with Gasteiger partial charge in [-0.1, -0.05) is 37.3 Å². The second-order valence-corrected chi connectivity index (χ2v) is 7.71. The van der Waals surface area contributed by atoms with Crippen LogP contribution in [0.15, 0.2) is 48.8 Å². The number of carbonyl (C=O) groups is 1. The standard InChI is InChI=1S/C22H25N3O2/c1-16(26)25-12-9-22(2,10-13-25)15-27-19-8-11-23-21-20(19)18(14-24-21)17-6-4-3-5-7-17/h3-8,11,14H,9-10,12-13,15H2,1-2H3,(H,23,24). The van der Waals surface area contributed by atoms with Crippen LogP contribution in [0.1, 0.15) is 26.7 Å². The van der Waals surface area contributed by atoms with Gasteiger partial charge in [-0.2, -0.15) is 0 Å². The average molecular weight is 363 g/mol. The van der Waals surface area contributed by atoms with Gasteiger partial charge in [0.05, 0.1) is 12.0 Å². The number of pyridine rings is 1. The fraction of sp³-hybridized carbons (Fsp3) is 0.364. The number of hydrogen-bond acceptors (Lipinski definition) is 3. The van der Waals surface area contributed by atoms with Crippen LogP contribution in [0.2, 0.25) is 0 Å². The van der Waals surface area contributed by atoms with E-state index < -0.39 is 0 Å². The maximum absolute atomic E-state index is 11.6. The average Bonchev–Trinajstić information content (AvgIpc) is 3.12. The molecule has 3 heterocycles. The summed E-state index contributed by atoms with van der Waals surface area (Å²) in [6, 6.07) is 12.2. The van der Waals surface area contributed by atoms with Crippen LogP contribution in [0.4, 0.5) is 0 Å². The Morgan fingerprint density at radius 1 is 1.22 bits per heavy atom. The van der Waals surface area contributed by atoms with E-state index in [-0.39, 0.29) is 11.3 Å². The summed E-state index contributed by atoms with van der Waals surface area (Å²) >= 11 is 0. The predicted octanol–water partition coefficient (Wildman–Crippen LogP) is 4.26. The highest BCUT2D eigenvalue weighted by atomic mass is 16.5. The van der Waals surface area contributed by atoms with Crippen molar-refractivity contribution >= 4 is 16.9 Å². The van der Waals surface area contributed by atoms with Crippen molar-refractivity contribution in [1.29, 1.82) is 0 Å². The van der Waals surface area contributed by atoms with E-state index in [2.05, 4.69) is 29.0 Å². The lowest BCUT2D eigenvalue weighted by atomic mass is 9.81. The first-order valence-electron chi connectivity index (χ1n) is 9.46. The summed E-state index contributed by atoms with van der Waals surface area (Å²) in [6.45, 7) is 6.14. The van der Waals surface area contributed by atoms with Gasteiger partial charge in [0.15, 0.2) is 0 Å². The molecule has 1 aliphatic rings. The lowest BCUT2D eigenvalue weighted by Gasteiger charge is -2.38.